The Bertz CT molecular complexity index is 1110. The quantitative estimate of drug-likeness (QED) is 0.346. The third-order valence-electron chi connectivity index (χ3n) is 4.64. The number of ether oxygens (including phenoxy) is 1. The summed E-state index contributed by atoms with van der Waals surface area (Å²) in [5.41, 5.74) is 8.30. The van der Waals surface area contributed by atoms with E-state index in [2.05, 4.69) is 29.9 Å². The molecule has 0 aliphatic carbocycles. The number of thioether (sulfide) groups is 1. The number of imidazole rings is 2. The summed E-state index contributed by atoms with van der Waals surface area (Å²) in [6, 6.07) is 1.81. The molecule has 4 aromatic heterocycles. The van der Waals surface area contributed by atoms with Gasteiger partial charge in [-0.3, -0.25) is 9.55 Å². The highest BCUT2D eigenvalue weighted by Crippen LogP contribution is 2.34. The van der Waals surface area contributed by atoms with Gasteiger partial charge in [0.2, 0.25) is 0 Å². The molecule has 1 aliphatic heterocycles. The van der Waals surface area contributed by atoms with Gasteiger partial charge in [-0.05, 0) is 6.07 Å². The van der Waals surface area contributed by atoms with Gasteiger partial charge in [0.1, 0.15) is 24.1 Å². The van der Waals surface area contributed by atoms with E-state index in [-0.39, 0.29) is 5.82 Å². The number of pyridine rings is 1. The zero-order valence-electron chi connectivity index (χ0n) is 14.4. The second kappa shape index (κ2) is 6.67. The minimum Gasteiger partial charge on any atom is -0.387 e. The molecule has 0 aromatic carbocycles. The van der Waals surface area contributed by atoms with Crippen molar-refractivity contribution < 1.29 is 14.9 Å². The van der Waals surface area contributed by atoms with Gasteiger partial charge in [0.25, 0.3) is 0 Å². The molecule has 5 N–H and O–H groups in total. The molecule has 1 fully saturated rings. The van der Waals surface area contributed by atoms with E-state index >= 15 is 0 Å². The first-order chi connectivity index (χ1) is 13.6. The molecule has 0 saturated carbocycles. The third-order valence-corrected chi connectivity index (χ3v) is 5.61. The van der Waals surface area contributed by atoms with Crippen molar-refractivity contribution in [1.29, 1.82) is 0 Å². The number of hydrogen-bond donors (Lipinski definition) is 4. The fraction of sp³-hybridized carbons (Fsp3) is 0.312. The first-order valence-electron chi connectivity index (χ1n) is 8.49. The summed E-state index contributed by atoms with van der Waals surface area (Å²) in [6.07, 6.45) is 2.51. The van der Waals surface area contributed by atoms with E-state index in [0.29, 0.717) is 22.1 Å². The molecule has 0 bridgehead atoms. The molecule has 12 heteroatoms. The van der Waals surface area contributed by atoms with E-state index in [1.807, 2.05) is 6.07 Å². The van der Waals surface area contributed by atoms with Crippen molar-refractivity contribution in [3.8, 4) is 0 Å². The van der Waals surface area contributed by atoms with Gasteiger partial charge in [-0.1, -0.05) is 11.8 Å². The average Bonchev–Trinajstić information content (AvgIpc) is 3.38. The standard InChI is InChI=1S/C16H16N8O3S/c17-13-10-14(20-5-19-13)24(6-21-10)15-12(26)11(25)9(27-15)4-28-16-22-7-1-2-18-3-8(7)23-16/h1-3,5-6,9,11-12,15,25-26H,4H2,(H,22,23)(H2,17,19,20)/t9-,11-,12-,15-/m1/s1. The van der Waals surface area contributed by atoms with Crippen LogP contribution in [0.2, 0.25) is 0 Å². The number of H-pyrrole nitrogens is 1. The SMILES string of the molecule is Nc1ncnc2c1ncn2[C@@H]1O[C@H](CSc2nc3ccncc3[nH]2)[C@@H](O)[C@H]1O. The molecular weight excluding hydrogens is 384 g/mol. The first-order valence-corrected chi connectivity index (χ1v) is 9.47. The molecule has 0 spiro atoms. The highest BCUT2D eigenvalue weighted by Gasteiger charge is 2.44. The largest absolute Gasteiger partial charge is 0.387 e. The normalized spacial score (nSPS) is 25.1. The van der Waals surface area contributed by atoms with Crippen molar-refractivity contribution in [2.45, 2.75) is 29.7 Å². The number of anilines is 1. The highest BCUT2D eigenvalue weighted by atomic mass is 32.2. The lowest BCUT2D eigenvalue weighted by molar-refractivity contribution is -0.0289. The predicted octanol–water partition coefficient (Wildman–Crippen LogP) is 0.0913. The molecule has 0 radical (unpaired) electrons. The minimum atomic E-state index is -1.14. The minimum absolute atomic E-state index is 0.239. The topological polar surface area (TPSA) is 161 Å². The molecule has 5 rings (SSSR count). The maximum atomic E-state index is 10.5. The van der Waals surface area contributed by atoms with E-state index in [1.165, 1.54) is 24.4 Å². The summed E-state index contributed by atoms with van der Waals surface area (Å²) in [4.78, 5) is 23.9. The summed E-state index contributed by atoms with van der Waals surface area (Å²) < 4.78 is 7.48. The van der Waals surface area contributed by atoms with E-state index in [1.54, 1.807) is 17.0 Å². The van der Waals surface area contributed by atoms with Gasteiger partial charge in [0.05, 0.1) is 29.7 Å². The molecule has 0 unspecified atom stereocenters. The Morgan fingerprint density at radius 3 is 3.00 bits per heavy atom. The van der Waals surface area contributed by atoms with E-state index in [4.69, 9.17) is 10.5 Å². The maximum Gasteiger partial charge on any atom is 0.167 e. The summed E-state index contributed by atoms with van der Waals surface area (Å²) in [6.45, 7) is 0. The fourth-order valence-corrected chi connectivity index (χ4v) is 4.16. The van der Waals surface area contributed by atoms with Crippen LogP contribution >= 0.6 is 11.8 Å². The lowest BCUT2D eigenvalue weighted by Gasteiger charge is -2.16. The number of nitrogens with two attached hydrogens (primary N) is 1. The maximum absolute atomic E-state index is 10.5. The van der Waals surface area contributed by atoms with Crippen LogP contribution in [0.15, 0.2) is 36.3 Å². The van der Waals surface area contributed by atoms with Crippen molar-refractivity contribution in [2.75, 3.05) is 11.5 Å². The van der Waals surface area contributed by atoms with E-state index in [0.717, 1.165) is 11.0 Å². The number of aromatic nitrogens is 7. The smallest absolute Gasteiger partial charge is 0.167 e. The number of nitrogen functional groups attached to an aromatic ring is 1. The molecule has 4 aromatic rings. The molecule has 0 amide bonds. The van der Waals surface area contributed by atoms with Crippen molar-refractivity contribution in [3.05, 3.63) is 31.1 Å². The Balaban J connectivity index is 1.35. The van der Waals surface area contributed by atoms with Crippen LogP contribution in [0, 0.1) is 0 Å². The Hall–Kier alpha value is -2.80. The number of fused-ring (bicyclic) bond motifs is 2. The Morgan fingerprint density at radius 2 is 2.14 bits per heavy atom. The monoisotopic (exact) mass is 400 g/mol. The zero-order chi connectivity index (χ0) is 19.3. The van der Waals surface area contributed by atoms with Crippen LogP contribution in [0.5, 0.6) is 0 Å². The number of nitrogens with one attached hydrogen (secondary N) is 1. The molecule has 1 aliphatic rings. The van der Waals surface area contributed by atoms with Crippen LogP contribution in [0.1, 0.15) is 6.23 Å². The highest BCUT2D eigenvalue weighted by molar-refractivity contribution is 7.99. The van der Waals surface area contributed by atoms with Gasteiger partial charge < -0.3 is 25.7 Å². The zero-order valence-corrected chi connectivity index (χ0v) is 15.2. The van der Waals surface area contributed by atoms with Crippen LogP contribution in [0.3, 0.4) is 0 Å². The predicted molar refractivity (Wildman–Crippen MR) is 100 cm³/mol. The Morgan fingerprint density at radius 1 is 1.25 bits per heavy atom. The third kappa shape index (κ3) is 2.77. The van der Waals surface area contributed by atoms with Crippen LogP contribution in [-0.2, 0) is 4.74 Å². The second-order valence-corrected chi connectivity index (χ2v) is 7.38. The lowest BCUT2D eigenvalue weighted by atomic mass is 10.1. The fourth-order valence-electron chi connectivity index (χ4n) is 3.22. The number of hydrogen-bond acceptors (Lipinski definition) is 10. The van der Waals surface area contributed by atoms with E-state index < -0.39 is 24.5 Å². The number of aliphatic hydroxyl groups is 2. The lowest BCUT2D eigenvalue weighted by Crippen LogP contribution is -2.32. The summed E-state index contributed by atoms with van der Waals surface area (Å²) in [7, 11) is 0. The van der Waals surface area contributed by atoms with Crippen molar-refractivity contribution >= 4 is 39.8 Å². The van der Waals surface area contributed by atoms with Crippen LogP contribution in [-0.4, -0.2) is 68.7 Å². The first kappa shape index (κ1) is 17.3. The van der Waals surface area contributed by atoms with Crippen molar-refractivity contribution in [2.24, 2.45) is 0 Å². The number of aliphatic hydroxyl groups excluding tert-OH is 2. The van der Waals surface area contributed by atoms with Gasteiger partial charge in [-0.15, -0.1) is 0 Å². The van der Waals surface area contributed by atoms with Gasteiger partial charge in [0, 0.05) is 11.9 Å². The molecule has 1 saturated heterocycles. The molecule has 4 atom stereocenters. The molecular formula is C16H16N8O3S. The average molecular weight is 400 g/mol. The number of nitrogens with zero attached hydrogens (tertiary/aromatic N) is 6. The second-order valence-electron chi connectivity index (χ2n) is 6.38. The molecule has 144 valence electrons. The van der Waals surface area contributed by atoms with Crippen LogP contribution in [0.4, 0.5) is 5.82 Å². The Labute approximate surface area is 162 Å². The summed E-state index contributed by atoms with van der Waals surface area (Å²) >= 11 is 1.39. The van der Waals surface area contributed by atoms with Crippen molar-refractivity contribution in [1.82, 2.24) is 34.5 Å². The molecule has 11 nitrogen and oxygen atoms in total. The van der Waals surface area contributed by atoms with Gasteiger partial charge >= 0.3 is 0 Å². The molecule has 5 heterocycles. The summed E-state index contributed by atoms with van der Waals surface area (Å²) in [5, 5.41) is 21.6. The molecule has 28 heavy (non-hydrogen) atoms. The van der Waals surface area contributed by atoms with Gasteiger partial charge in [-0.2, -0.15) is 0 Å². The van der Waals surface area contributed by atoms with E-state index in [9.17, 15) is 10.2 Å². The number of aromatic amines is 1. The van der Waals surface area contributed by atoms with Crippen LogP contribution in [0.25, 0.3) is 22.2 Å². The Kier molecular flexibility index (Phi) is 4.12. The van der Waals surface area contributed by atoms with Gasteiger partial charge in [0.15, 0.2) is 22.8 Å². The summed E-state index contributed by atoms with van der Waals surface area (Å²) in [5.74, 6) is 0.634. The van der Waals surface area contributed by atoms with Gasteiger partial charge in [-0.25, -0.2) is 19.9 Å². The number of rotatable bonds is 4. The van der Waals surface area contributed by atoms with Crippen LogP contribution < -0.4 is 5.73 Å². The van der Waals surface area contributed by atoms with Crippen molar-refractivity contribution in [3.63, 3.8) is 0 Å².